The zero-order valence-corrected chi connectivity index (χ0v) is 13.1. The molecule has 1 aromatic rings. The SMILES string of the molecule is CC(C)(C)S.FC(F)F.NCc1ccc(Br)cc1.[HH]. The first kappa shape index (κ1) is 20.1. The zero-order valence-electron chi connectivity index (χ0n) is 10.6. The molecule has 6 heteroatoms. The molecule has 0 fully saturated rings. The smallest absolute Gasteiger partial charge is 0.326 e. The van der Waals surface area contributed by atoms with Crippen LogP contribution >= 0.6 is 28.6 Å². The fourth-order valence-corrected chi connectivity index (χ4v) is 0.885. The summed E-state index contributed by atoms with van der Waals surface area (Å²) in [6.07, 6.45) is 0. The van der Waals surface area contributed by atoms with Gasteiger partial charge in [-0.15, -0.1) is 0 Å². The van der Waals surface area contributed by atoms with Crippen molar-refractivity contribution in [3.05, 3.63) is 34.3 Å². The molecule has 1 aromatic carbocycles. The van der Waals surface area contributed by atoms with Gasteiger partial charge in [0.15, 0.2) is 0 Å². The summed E-state index contributed by atoms with van der Waals surface area (Å²) in [6.45, 7) is 3.11. The lowest BCUT2D eigenvalue weighted by Gasteiger charge is -2.04. The number of rotatable bonds is 1. The van der Waals surface area contributed by atoms with Gasteiger partial charge in [-0.2, -0.15) is 25.8 Å². The summed E-state index contributed by atoms with van der Waals surface area (Å²) < 4.78 is 30.3. The van der Waals surface area contributed by atoms with E-state index in [4.69, 9.17) is 5.73 Å². The molecule has 0 atom stereocenters. The lowest BCUT2D eigenvalue weighted by atomic mass is 10.2. The topological polar surface area (TPSA) is 26.0 Å². The average molecular weight is 348 g/mol. The molecule has 0 heterocycles. The van der Waals surface area contributed by atoms with E-state index in [-0.39, 0.29) is 6.17 Å². The van der Waals surface area contributed by atoms with E-state index in [1.165, 1.54) is 5.56 Å². The highest BCUT2D eigenvalue weighted by Gasteiger charge is 1.96. The number of thiol groups is 1. The Morgan fingerprint density at radius 1 is 1.22 bits per heavy atom. The summed E-state index contributed by atoms with van der Waals surface area (Å²) in [5, 5.41) is 0. The molecule has 0 aliphatic carbocycles. The Kier molecular flexibility index (Phi) is 12.0. The third-order valence-corrected chi connectivity index (χ3v) is 1.68. The monoisotopic (exact) mass is 347 g/mol. The molecule has 0 amide bonds. The molecule has 2 N–H and O–H groups in total. The van der Waals surface area contributed by atoms with E-state index in [9.17, 15) is 13.2 Å². The van der Waals surface area contributed by atoms with Gasteiger partial charge in [0.25, 0.3) is 0 Å². The van der Waals surface area contributed by atoms with Crippen molar-refractivity contribution in [1.82, 2.24) is 0 Å². The van der Waals surface area contributed by atoms with Gasteiger partial charge in [0.1, 0.15) is 0 Å². The van der Waals surface area contributed by atoms with Crippen LogP contribution in [0, 0.1) is 0 Å². The van der Waals surface area contributed by atoms with E-state index < -0.39 is 6.68 Å². The van der Waals surface area contributed by atoms with Crippen molar-refractivity contribution < 1.29 is 14.6 Å². The number of alkyl halides is 3. The molecule has 0 radical (unpaired) electrons. The van der Waals surface area contributed by atoms with Crippen LogP contribution in [0.4, 0.5) is 13.2 Å². The second-order valence-electron chi connectivity index (χ2n) is 4.25. The maximum atomic E-state index is 9.67. The molecule has 1 nitrogen and oxygen atoms in total. The van der Waals surface area contributed by atoms with Crippen LogP contribution in [-0.4, -0.2) is 11.4 Å². The summed E-state index contributed by atoms with van der Waals surface area (Å²) in [5.74, 6) is 0. The molecule has 18 heavy (non-hydrogen) atoms. The van der Waals surface area contributed by atoms with E-state index in [1.807, 2.05) is 24.3 Å². The molecule has 0 bridgehead atoms. The van der Waals surface area contributed by atoms with E-state index in [0.29, 0.717) is 6.54 Å². The largest absolute Gasteiger partial charge is 0.379 e. The quantitative estimate of drug-likeness (QED) is 0.683. The van der Waals surface area contributed by atoms with Crippen LogP contribution in [-0.2, 0) is 6.54 Å². The van der Waals surface area contributed by atoms with Crippen LogP contribution in [0.5, 0.6) is 0 Å². The fourth-order valence-electron chi connectivity index (χ4n) is 0.620. The summed E-state index contributed by atoms with van der Waals surface area (Å²) >= 11 is 7.46. The minimum atomic E-state index is -3.67. The van der Waals surface area contributed by atoms with Crippen molar-refractivity contribution in [2.75, 3.05) is 0 Å². The van der Waals surface area contributed by atoms with Crippen LogP contribution in [0.3, 0.4) is 0 Å². The predicted molar refractivity (Wildman–Crippen MR) is 80.0 cm³/mol. The average Bonchev–Trinajstić information content (AvgIpc) is 2.15. The zero-order chi connectivity index (χ0) is 14.8. The molecule has 0 aliphatic heterocycles. The van der Waals surface area contributed by atoms with E-state index in [2.05, 4.69) is 49.3 Å². The first-order valence-corrected chi connectivity index (χ1v) is 6.39. The van der Waals surface area contributed by atoms with Gasteiger partial charge in [-0.3, -0.25) is 0 Å². The van der Waals surface area contributed by atoms with Crippen molar-refractivity contribution >= 4 is 28.6 Å². The van der Waals surface area contributed by atoms with Crippen LogP contribution in [0.1, 0.15) is 27.8 Å². The minimum absolute atomic E-state index is 0. The van der Waals surface area contributed by atoms with Gasteiger partial charge in [0, 0.05) is 17.2 Å². The molecule has 1 rings (SSSR count). The van der Waals surface area contributed by atoms with Crippen LogP contribution in [0.25, 0.3) is 0 Å². The Hall–Kier alpha value is -0.200. The molecule has 0 aliphatic rings. The lowest BCUT2D eigenvalue weighted by Crippen LogP contribution is -1.99. The second kappa shape index (κ2) is 10.7. The Labute approximate surface area is 122 Å². The highest BCUT2D eigenvalue weighted by atomic mass is 79.9. The molecule has 0 saturated carbocycles. The van der Waals surface area contributed by atoms with E-state index >= 15 is 0 Å². The van der Waals surface area contributed by atoms with Crippen LogP contribution in [0.15, 0.2) is 28.7 Å². The lowest BCUT2D eigenvalue weighted by molar-refractivity contribution is 0.00819. The molecular weight excluding hydrogens is 327 g/mol. The Balaban J connectivity index is -0.000000222. The molecular formula is C12H21BrF3NS. The van der Waals surface area contributed by atoms with Gasteiger partial charge in [0.2, 0.25) is 0 Å². The number of nitrogens with two attached hydrogens (primary N) is 1. The van der Waals surface area contributed by atoms with Crippen molar-refractivity contribution in [1.29, 1.82) is 0 Å². The third kappa shape index (κ3) is 24.9. The summed E-state index contributed by atoms with van der Waals surface area (Å²) in [5.41, 5.74) is 6.55. The molecule has 0 saturated heterocycles. The van der Waals surface area contributed by atoms with Crippen molar-refractivity contribution in [3.63, 3.8) is 0 Å². The van der Waals surface area contributed by atoms with Gasteiger partial charge < -0.3 is 5.73 Å². The third-order valence-electron chi connectivity index (χ3n) is 1.15. The van der Waals surface area contributed by atoms with Crippen LogP contribution < -0.4 is 5.73 Å². The summed E-state index contributed by atoms with van der Waals surface area (Å²) in [4.78, 5) is 0. The second-order valence-corrected chi connectivity index (χ2v) is 6.51. The standard InChI is InChI=1S/C7H8BrN.C4H10S.CHF3.H2/c8-7-3-1-6(5-9)2-4-7;1-4(2,3)5;2-1(3)4;/h1-4H,5,9H2;5H,1-3H3;1H;1H. The van der Waals surface area contributed by atoms with Crippen molar-refractivity contribution in [3.8, 4) is 0 Å². The van der Waals surface area contributed by atoms with E-state index in [0.717, 1.165) is 4.47 Å². The Morgan fingerprint density at radius 3 is 1.72 bits per heavy atom. The number of halogens is 4. The summed E-state index contributed by atoms with van der Waals surface area (Å²) in [7, 11) is 0. The number of benzene rings is 1. The highest BCUT2D eigenvalue weighted by Crippen LogP contribution is 2.09. The van der Waals surface area contributed by atoms with E-state index in [1.54, 1.807) is 0 Å². The Morgan fingerprint density at radius 2 is 1.50 bits per heavy atom. The van der Waals surface area contributed by atoms with Crippen molar-refractivity contribution in [2.45, 2.75) is 38.7 Å². The van der Waals surface area contributed by atoms with Gasteiger partial charge >= 0.3 is 6.68 Å². The van der Waals surface area contributed by atoms with Gasteiger partial charge in [-0.25, -0.2) is 0 Å². The molecule has 0 aromatic heterocycles. The molecule has 0 unspecified atom stereocenters. The van der Waals surface area contributed by atoms with Gasteiger partial charge in [0.05, 0.1) is 0 Å². The molecule has 0 spiro atoms. The minimum Gasteiger partial charge on any atom is -0.326 e. The maximum absolute atomic E-state index is 9.67. The number of hydrogen-bond acceptors (Lipinski definition) is 2. The Bertz CT molecular complexity index is 296. The fraction of sp³-hybridized carbons (Fsp3) is 0.500. The molecule has 108 valence electrons. The number of hydrogen-bond donors (Lipinski definition) is 2. The first-order chi connectivity index (χ1) is 8.06. The maximum Gasteiger partial charge on any atom is 0.379 e. The predicted octanol–water partition coefficient (Wildman–Crippen LogP) is 5.05. The van der Waals surface area contributed by atoms with Gasteiger partial charge in [-0.05, 0) is 17.7 Å². The van der Waals surface area contributed by atoms with Crippen molar-refractivity contribution in [2.24, 2.45) is 5.73 Å². The highest BCUT2D eigenvalue weighted by molar-refractivity contribution is 9.10. The van der Waals surface area contributed by atoms with Crippen LogP contribution in [0.2, 0.25) is 0 Å². The van der Waals surface area contributed by atoms with Gasteiger partial charge in [-0.1, -0.05) is 48.8 Å². The normalized spacial score (nSPS) is 10.1. The first-order valence-electron chi connectivity index (χ1n) is 5.15. The summed E-state index contributed by atoms with van der Waals surface area (Å²) in [6, 6.07) is 7.98.